The van der Waals surface area contributed by atoms with Crippen LogP contribution in [-0.2, 0) is 6.42 Å². The summed E-state index contributed by atoms with van der Waals surface area (Å²) in [6.45, 7) is 8.10. The molecule has 1 aromatic heterocycles. The minimum Gasteiger partial charge on any atom is -0.469 e. The molecule has 0 bridgehead atoms. The summed E-state index contributed by atoms with van der Waals surface area (Å²) < 4.78 is 5.26. The third-order valence-electron chi connectivity index (χ3n) is 4.59. The summed E-state index contributed by atoms with van der Waals surface area (Å²) in [6, 6.07) is 4.12. The monoisotopic (exact) mass is 321 g/mol. The number of amides is 2. The smallest absolute Gasteiger partial charge is 0.314 e. The molecule has 5 heteroatoms. The number of nitrogens with one attached hydrogen (secondary N) is 2. The van der Waals surface area contributed by atoms with Crippen LogP contribution in [0.25, 0.3) is 0 Å². The van der Waals surface area contributed by atoms with Gasteiger partial charge in [-0.2, -0.15) is 0 Å². The molecule has 1 atom stereocenters. The van der Waals surface area contributed by atoms with Gasteiger partial charge in [0.25, 0.3) is 0 Å². The van der Waals surface area contributed by atoms with E-state index in [1.807, 2.05) is 12.1 Å². The van der Waals surface area contributed by atoms with Crippen LogP contribution in [0.15, 0.2) is 22.8 Å². The molecule has 1 aliphatic rings. The third-order valence-corrected chi connectivity index (χ3v) is 4.59. The molecule has 1 saturated heterocycles. The average Bonchev–Trinajstić information content (AvgIpc) is 2.89. The predicted octanol–water partition coefficient (Wildman–Crippen LogP) is 3.02. The second-order valence-corrected chi connectivity index (χ2v) is 6.73. The van der Waals surface area contributed by atoms with Crippen LogP contribution in [0.4, 0.5) is 4.79 Å². The van der Waals surface area contributed by atoms with Crippen molar-refractivity contribution in [2.45, 2.75) is 52.0 Å². The van der Waals surface area contributed by atoms with Crippen LogP contribution in [0.2, 0.25) is 0 Å². The van der Waals surface area contributed by atoms with Crippen molar-refractivity contribution in [1.82, 2.24) is 15.5 Å². The van der Waals surface area contributed by atoms with Gasteiger partial charge < -0.3 is 15.1 Å². The van der Waals surface area contributed by atoms with E-state index >= 15 is 0 Å². The maximum absolute atomic E-state index is 12.0. The molecule has 0 spiro atoms. The number of carbonyl (C=O) groups excluding carboxylic acids is 1. The van der Waals surface area contributed by atoms with Crippen molar-refractivity contribution in [3.8, 4) is 0 Å². The summed E-state index contributed by atoms with van der Waals surface area (Å²) in [6.07, 6.45) is 7.60. The molecule has 0 radical (unpaired) electrons. The lowest BCUT2D eigenvalue weighted by Gasteiger charge is -2.33. The molecule has 0 saturated carbocycles. The van der Waals surface area contributed by atoms with Gasteiger partial charge in [-0.3, -0.25) is 4.90 Å². The Labute approximate surface area is 139 Å². The van der Waals surface area contributed by atoms with Gasteiger partial charge in [-0.15, -0.1) is 0 Å². The van der Waals surface area contributed by atoms with E-state index < -0.39 is 0 Å². The van der Waals surface area contributed by atoms with Gasteiger partial charge >= 0.3 is 6.03 Å². The van der Waals surface area contributed by atoms with Crippen molar-refractivity contribution in [3.63, 3.8) is 0 Å². The zero-order chi connectivity index (χ0) is 16.5. The summed E-state index contributed by atoms with van der Waals surface area (Å²) >= 11 is 0. The molecule has 130 valence electrons. The minimum atomic E-state index is -0.0861. The Bertz CT molecular complexity index is 437. The fourth-order valence-electron chi connectivity index (χ4n) is 3.23. The fraction of sp³-hybridized carbons (Fsp3) is 0.722. The lowest BCUT2D eigenvalue weighted by molar-refractivity contribution is 0.157. The number of hydrogen-bond donors (Lipinski definition) is 2. The molecule has 0 aromatic carbocycles. The standard InChI is InChI=1S/C18H31N3O2/c1-15(2)17(21-11-5-3-4-6-12-21)14-20-18(22)19-10-9-16-8-7-13-23-16/h7-8,13,15,17H,3-6,9-12,14H2,1-2H3,(H2,19,20,22). The Balaban J connectivity index is 1.70. The van der Waals surface area contributed by atoms with Crippen LogP contribution in [0.5, 0.6) is 0 Å². The fourth-order valence-corrected chi connectivity index (χ4v) is 3.23. The third kappa shape index (κ3) is 6.26. The van der Waals surface area contributed by atoms with Crippen molar-refractivity contribution in [3.05, 3.63) is 24.2 Å². The highest BCUT2D eigenvalue weighted by Crippen LogP contribution is 2.17. The molecule has 1 aromatic rings. The van der Waals surface area contributed by atoms with Gasteiger partial charge in [-0.1, -0.05) is 26.7 Å². The first-order valence-corrected chi connectivity index (χ1v) is 8.95. The maximum Gasteiger partial charge on any atom is 0.314 e. The molecule has 5 nitrogen and oxygen atoms in total. The summed E-state index contributed by atoms with van der Waals surface area (Å²) in [5.74, 6) is 1.44. The molecule has 23 heavy (non-hydrogen) atoms. The number of likely N-dealkylation sites (tertiary alicyclic amines) is 1. The molecule has 0 aliphatic carbocycles. The average molecular weight is 321 g/mol. The van der Waals surface area contributed by atoms with Crippen LogP contribution in [0.3, 0.4) is 0 Å². The Morgan fingerprint density at radius 2 is 1.96 bits per heavy atom. The lowest BCUT2D eigenvalue weighted by Crippen LogP contribution is -2.49. The quantitative estimate of drug-likeness (QED) is 0.811. The first-order chi connectivity index (χ1) is 11.2. The van der Waals surface area contributed by atoms with Crippen molar-refractivity contribution in [2.75, 3.05) is 26.2 Å². The Hall–Kier alpha value is -1.49. The van der Waals surface area contributed by atoms with Gasteiger partial charge in [-0.25, -0.2) is 4.79 Å². The summed E-state index contributed by atoms with van der Waals surface area (Å²) in [5, 5.41) is 5.94. The van der Waals surface area contributed by atoms with Crippen LogP contribution < -0.4 is 10.6 Å². The van der Waals surface area contributed by atoms with Gasteiger partial charge in [-0.05, 0) is 44.0 Å². The molecule has 1 fully saturated rings. The van der Waals surface area contributed by atoms with Gasteiger partial charge in [0.15, 0.2) is 0 Å². The number of furan rings is 1. The number of carbonyl (C=O) groups is 1. The van der Waals surface area contributed by atoms with E-state index in [0.717, 1.165) is 25.3 Å². The maximum atomic E-state index is 12.0. The van der Waals surface area contributed by atoms with Crippen LogP contribution in [-0.4, -0.2) is 43.2 Å². The second kappa shape index (κ2) is 9.60. The predicted molar refractivity (Wildman–Crippen MR) is 92.5 cm³/mol. The normalized spacial score (nSPS) is 17.7. The molecule has 1 aliphatic heterocycles. The number of urea groups is 1. The molecule has 2 amide bonds. The molecule has 2 N–H and O–H groups in total. The molecular weight excluding hydrogens is 290 g/mol. The Morgan fingerprint density at radius 3 is 2.57 bits per heavy atom. The molecule has 2 heterocycles. The van der Waals surface area contributed by atoms with Gasteiger partial charge in [0.1, 0.15) is 5.76 Å². The highest BCUT2D eigenvalue weighted by molar-refractivity contribution is 5.73. The van der Waals surface area contributed by atoms with Crippen LogP contribution >= 0.6 is 0 Å². The first kappa shape index (κ1) is 17.9. The topological polar surface area (TPSA) is 57.5 Å². The zero-order valence-electron chi connectivity index (χ0n) is 14.5. The summed E-state index contributed by atoms with van der Waals surface area (Å²) in [4.78, 5) is 14.5. The van der Waals surface area contributed by atoms with E-state index in [2.05, 4.69) is 29.4 Å². The van der Waals surface area contributed by atoms with Crippen LogP contribution in [0, 0.1) is 5.92 Å². The van der Waals surface area contributed by atoms with Crippen molar-refractivity contribution in [2.24, 2.45) is 5.92 Å². The minimum absolute atomic E-state index is 0.0861. The van der Waals surface area contributed by atoms with Gasteiger partial charge in [0.05, 0.1) is 6.26 Å². The summed E-state index contributed by atoms with van der Waals surface area (Å²) in [7, 11) is 0. The molecule has 1 unspecified atom stereocenters. The second-order valence-electron chi connectivity index (χ2n) is 6.73. The summed E-state index contributed by atoms with van der Waals surface area (Å²) in [5.41, 5.74) is 0. The van der Waals surface area contributed by atoms with Crippen molar-refractivity contribution < 1.29 is 9.21 Å². The number of rotatable bonds is 7. The zero-order valence-corrected chi connectivity index (χ0v) is 14.5. The first-order valence-electron chi connectivity index (χ1n) is 8.95. The highest BCUT2D eigenvalue weighted by Gasteiger charge is 2.23. The van der Waals surface area contributed by atoms with E-state index in [9.17, 15) is 4.79 Å². The van der Waals surface area contributed by atoms with Crippen LogP contribution in [0.1, 0.15) is 45.3 Å². The SMILES string of the molecule is CC(C)C(CNC(=O)NCCc1ccco1)N1CCCCCC1. The Kier molecular flexibility index (Phi) is 7.46. The number of hydrogen-bond acceptors (Lipinski definition) is 3. The molecule has 2 rings (SSSR count). The van der Waals surface area contributed by atoms with Gasteiger partial charge in [0.2, 0.25) is 0 Å². The van der Waals surface area contributed by atoms with E-state index in [1.165, 1.54) is 25.7 Å². The van der Waals surface area contributed by atoms with Crippen molar-refractivity contribution in [1.29, 1.82) is 0 Å². The molecular formula is C18H31N3O2. The lowest BCUT2D eigenvalue weighted by atomic mass is 10.0. The number of nitrogens with zero attached hydrogens (tertiary/aromatic N) is 1. The highest BCUT2D eigenvalue weighted by atomic mass is 16.3. The van der Waals surface area contributed by atoms with E-state index in [0.29, 0.717) is 25.0 Å². The van der Waals surface area contributed by atoms with E-state index in [1.54, 1.807) is 6.26 Å². The van der Waals surface area contributed by atoms with E-state index in [4.69, 9.17) is 4.42 Å². The van der Waals surface area contributed by atoms with E-state index in [-0.39, 0.29) is 6.03 Å². The van der Waals surface area contributed by atoms with Crippen molar-refractivity contribution >= 4 is 6.03 Å². The largest absolute Gasteiger partial charge is 0.469 e. The Morgan fingerprint density at radius 1 is 1.22 bits per heavy atom. The van der Waals surface area contributed by atoms with Gasteiger partial charge in [0, 0.05) is 25.6 Å².